The van der Waals surface area contributed by atoms with Crippen LogP contribution in [0.4, 0.5) is 0 Å². The zero-order chi connectivity index (χ0) is 15.4. The van der Waals surface area contributed by atoms with Crippen LogP contribution < -0.4 is 10.5 Å². The van der Waals surface area contributed by atoms with Gasteiger partial charge in [0, 0.05) is 24.0 Å². The fourth-order valence-corrected chi connectivity index (χ4v) is 3.01. The van der Waals surface area contributed by atoms with Gasteiger partial charge in [0.2, 0.25) is 5.91 Å². The summed E-state index contributed by atoms with van der Waals surface area (Å²) in [6, 6.07) is 5.35. The molecule has 0 bridgehead atoms. The maximum atomic E-state index is 12.6. The number of hydrogen-bond acceptors (Lipinski definition) is 3. The van der Waals surface area contributed by atoms with Gasteiger partial charge in [0.15, 0.2) is 0 Å². The molecule has 0 aliphatic carbocycles. The summed E-state index contributed by atoms with van der Waals surface area (Å²) in [4.78, 5) is 25.3. The van der Waals surface area contributed by atoms with Crippen LogP contribution in [0, 0.1) is 5.92 Å². The van der Waals surface area contributed by atoms with Crippen molar-refractivity contribution in [1.29, 1.82) is 0 Å². The molecule has 2 rings (SSSR count). The topological polar surface area (TPSA) is 72.6 Å². The van der Waals surface area contributed by atoms with E-state index in [2.05, 4.69) is 15.9 Å². The van der Waals surface area contributed by atoms with Gasteiger partial charge in [-0.3, -0.25) is 9.59 Å². The second kappa shape index (κ2) is 6.93. The second-order valence-corrected chi connectivity index (χ2v) is 6.11. The van der Waals surface area contributed by atoms with Crippen LogP contribution in [0.2, 0.25) is 0 Å². The summed E-state index contributed by atoms with van der Waals surface area (Å²) >= 11 is 3.41. The summed E-state index contributed by atoms with van der Waals surface area (Å²) in [5.74, 6) is 0.666. The molecule has 2 N–H and O–H groups in total. The number of rotatable bonds is 4. The van der Waals surface area contributed by atoms with Gasteiger partial charge in [-0.05, 0) is 52.9 Å². The van der Waals surface area contributed by atoms with E-state index in [1.165, 1.54) is 0 Å². The van der Waals surface area contributed by atoms with E-state index >= 15 is 0 Å². The number of nitrogens with two attached hydrogens (primary N) is 1. The summed E-state index contributed by atoms with van der Waals surface area (Å²) in [5.41, 5.74) is 5.82. The van der Waals surface area contributed by atoms with E-state index in [4.69, 9.17) is 10.5 Å². The highest BCUT2D eigenvalue weighted by atomic mass is 79.9. The molecule has 1 aromatic rings. The summed E-state index contributed by atoms with van der Waals surface area (Å²) in [6.45, 7) is 1.31. The molecule has 0 spiro atoms. The molecule has 0 aromatic heterocycles. The van der Waals surface area contributed by atoms with Crippen LogP contribution in [-0.2, 0) is 4.79 Å². The third-order valence-electron chi connectivity index (χ3n) is 3.80. The molecule has 0 unspecified atom stereocenters. The molecule has 114 valence electrons. The van der Waals surface area contributed by atoms with Crippen molar-refractivity contribution in [2.75, 3.05) is 20.2 Å². The molecule has 6 heteroatoms. The van der Waals surface area contributed by atoms with Crippen molar-refractivity contribution in [2.24, 2.45) is 11.7 Å². The van der Waals surface area contributed by atoms with Gasteiger partial charge >= 0.3 is 0 Å². The Labute approximate surface area is 132 Å². The smallest absolute Gasteiger partial charge is 0.255 e. The van der Waals surface area contributed by atoms with Gasteiger partial charge in [-0.15, -0.1) is 0 Å². The normalized spacial score (nSPS) is 15.8. The number of nitrogens with zero attached hydrogens (tertiary/aromatic N) is 1. The molecule has 21 heavy (non-hydrogen) atoms. The molecule has 0 saturated carbocycles. The van der Waals surface area contributed by atoms with Crippen molar-refractivity contribution >= 4 is 27.7 Å². The van der Waals surface area contributed by atoms with E-state index in [0.29, 0.717) is 36.7 Å². The number of ether oxygens (including phenoxy) is 1. The SMILES string of the molecule is COc1ccc(Br)c(C(=O)N2CCC(CC(N)=O)CC2)c1. The highest BCUT2D eigenvalue weighted by Gasteiger charge is 2.25. The van der Waals surface area contributed by atoms with Crippen LogP contribution in [0.15, 0.2) is 22.7 Å². The average Bonchev–Trinajstić information content (AvgIpc) is 2.47. The average molecular weight is 355 g/mol. The zero-order valence-corrected chi connectivity index (χ0v) is 13.6. The first-order chi connectivity index (χ1) is 10.0. The fraction of sp³-hybridized carbons (Fsp3) is 0.467. The number of likely N-dealkylation sites (tertiary alicyclic amines) is 1. The maximum absolute atomic E-state index is 12.6. The van der Waals surface area contributed by atoms with E-state index in [-0.39, 0.29) is 11.8 Å². The first kappa shape index (κ1) is 15.8. The minimum Gasteiger partial charge on any atom is -0.497 e. The van der Waals surface area contributed by atoms with Gasteiger partial charge in [-0.1, -0.05) is 0 Å². The Balaban J connectivity index is 2.03. The second-order valence-electron chi connectivity index (χ2n) is 5.25. The largest absolute Gasteiger partial charge is 0.497 e. The molecule has 1 aliphatic heterocycles. The van der Waals surface area contributed by atoms with E-state index in [1.807, 2.05) is 11.0 Å². The van der Waals surface area contributed by atoms with E-state index in [1.54, 1.807) is 19.2 Å². The Morgan fingerprint density at radius 1 is 1.38 bits per heavy atom. The standard InChI is InChI=1S/C15H19BrN2O3/c1-21-11-2-3-13(16)12(9-11)15(20)18-6-4-10(5-7-18)8-14(17)19/h2-3,9-10H,4-8H2,1H3,(H2,17,19). The summed E-state index contributed by atoms with van der Waals surface area (Å²) < 4.78 is 5.92. The number of hydrogen-bond donors (Lipinski definition) is 1. The van der Waals surface area contributed by atoms with Crippen molar-refractivity contribution < 1.29 is 14.3 Å². The maximum Gasteiger partial charge on any atom is 0.255 e. The van der Waals surface area contributed by atoms with Crippen LogP contribution in [0.25, 0.3) is 0 Å². The summed E-state index contributed by atoms with van der Waals surface area (Å²) in [6.07, 6.45) is 2.04. The third kappa shape index (κ3) is 3.97. The van der Waals surface area contributed by atoms with E-state index in [0.717, 1.165) is 17.3 Å². The van der Waals surface area contributed by atoms with Crippen molar-refractivity contribution in [3.05, 3.63) is 28.2 Å². The first-order valence-corrected chi connectivity index (χ1v) is 7.71. The highest BCUT2D eigenvalue weighted by Crippen LogP contribution is 2.26. The van der Waals surface area contributed by atoms with Crippen molar-refractivity contribution in [3.63, 3.8) is 0 Å². The molecule has 1 aliphatic rings. The van der Waals surface area contributed by atoms with Gasteiger partial charge in [-0.25, -0.2) is 0 Å². The highest BCUT2D eigenvalue weighted by molar-refractivity contribution is 9.10. The quantitative estimate of drug-likeness (QED) is 0.900. The fourth-order valence-electron chi connectivity index (χ4n) is 2.59. The number of amides is 2. The Morgan fingerprint density at radius 3 is 2.62 bits per heavy atom. The number of primary amides is 1. The number of methoxy groups -OCH3 is 1. The molecule has 1 fully saturated rings. The molecular formula is C15H19BrN2O3. The minimum absolute atomic E-state index is 0.0155. The minimum atomic E-state index is -0.268. The van der Waals surface area contributed by atoms with Crippen molar-refractivity contribution in [2.45, 2.75) is 19.3 Å². The lowest BCUT2D eigenvalue weighted by molar-refractivity contribution is -0.119. The number of benzene rings is 1. The summed E-state index contributed by atoms with van der Waals surface area (Å²) in [5, 5.41) is 0. The van der Waals surface area contributed by atoms with Gasteiger partial charge < -0.3 is 15.4 Å². The third-order valence-corrected chi connectivity index (χ3v) is 4.49. The van der Waals surface area contributed by atoms with Crippen molar-refractivity contribution in [1.82, 2.24) is 4.90 Å². The van der Waals surface area contributed by atoms with Gasteiger partial charge in [0.1, 0.15) is 5.75 Å². The predicted molar refractivity (Wildman–Crippen MR) is 83.1 cm³/mol. The molecule has 1 aromatic carbocycles. The Kier molecular flexibility index (Phi) is 5.22. The number of piperidine rings is 1. The van der Waals surface area contributed by atoms with Gasteiger partial charge in [0.05, 0.1) is 12.7 Å². The molecule has 2 amide bonds. The lowest BCUT2D eigenvalue weighted by Crippen LogP contribution is -2.39. The lowest BCUT2D eigenvalue weighted by Gasteiger charge is -2.31. The molecule has 0 radical (unpaired) electrons. The zero-order valence-electron chi connectivity index (χ0n) is 12.0. The van der Waals surface area contributed by atoms with Crippen LogP contribution >= 0.6 is 15.9 Å². The van der Waals surface area contributed by atoms with Crippen molar-refractivity contribution in [3.8, 4) is 5.75 Å². The lowest BCUT2D eigenvalue weighted by atomic mass is 9.93. The number of halogens is 1. The van der Waals surface area contributed by atoms with Crippen LogP contribution in [-0.4, -0.2) is 36.9 Å². The van der Waals surface area contributed by atoms with Crippen LogP contribution in [0.5, 0.6) is 5.75 Å². The monoisotopic (exact) mass is 354 g/mol. The van der Waals surface area contributed by atoms with Gasteiger partial charge in [0.25, 0.3) is 5.91 Å². The first-order valence-electron chi connectivity index (χ1n) is 6.92. The Hall–Kier alpha value is -1.56. The Morgan fingerprint density at radius 2 is 2.05 bits per heavy atom. The van der Waals surface area contributed by atoms with Crippen LogP contribution in [0.1, 0.15) is 29.6 Å². The molecular weight excluding hydrogens is 336 g/mol. The molecule has 5 nitrogen and oxygen atoms in total. The van der Waals surface area contributed by atoms with Crippen LogP contribution in [0.3, 0.4) is 0 Å². The number of carbonyl (C=O) groups excluding carboxylic acids is 2. The summed E-state index contributed by atoms with van der Waals surface area (Å²) in [7, 11) is 1.58. The van der Waals surface area contributed by atoms with Gasteiger partial charge in [-0.2, -0.15) is 0 Å². The predicted octanol–water partition coefficient (Wildman–Crippen LogP) is 2.19. The molecule has 1 saturated heterocycles. The number of carbonyl (C=O) groups is 2. The van der Waals surface area contributed by atoms with E-state index in [9.17, 15) is 9.59 Å². The molecule has 0 atom stereocenters. The van der Waals surface area contributed by atoms with E-state index < -0.39 is 0 Å². The Bertz CT molecular complexity index is 540. The molecule has 1 heterocycles.